The van der Waals surface area contributed by atoms with Crippen LogP contribution in [0.3, 0.4) is 0 Å². The molecule has 4 nitrogen and oxygen atoms in total. The summed E-state index contributed by atoms with van der Waals surface area (Å²) in [5.41, 5.74) is 6.50. The highest BCUT2D eigenvalue weighted by Gasteiger charge is 2.35. The highest BCUT2D eigenvalue weighted by molar-refractivity contribution is 5.83. The number of fused-ring (bicyclic) bond motifs is 3. The smallest absolute Gasteiger partial charge is 0.233 e. The van der Waals surface area contributed by atoms with E-state index in [0.717, 1.165) is 5.69 Å². The maximum absolute atomic E-state index is 4.35. The fourth-order valence-corrected chi connectivity index (χ4v) is 3.84. The molecule has 1 heterocycles. The summed E-state index contributed by atoms with van der Waals surface area (Å²) < 4.78 is 0. The molecule has 1 aliphatic carbocycles. The average molecular weight is 330 g/mol. The van der Waals surface area contributed by atoms with Crippen molar-refractivity contribution in [2.75, 3.05) is 4.90 Å². The second kappa shape index (κ2) is 5.66. The molecule has 0 N–H and O–H groups in total. The molecule has 0 unspecified atom stereocenters. The van der Waals surface area contributed by atoms with Crippen molar-refractivity contribution in [1.82, 2.24) is 15.0 Å². The average Bonchev–Trinajstić information content (AvgIpc) is 2.84. The van der Waals surface area contributed by atoms with Crippen LogP contribution in [0.5, 0.6) is 0 Å². The summed E-state index contributed by atoms with van der Waals surface area (Å²) in [5, 5.41) is 0. The number of anilines is 2. The first-order chi connectivity index (χ1) is 12.0. The van der Waals surface area contributed by atoms with Gasteiger partial charge in [0.1, 0.15) is 12.7 Å². The van der Waals surface area contributed by atoms with Gasteiger partial charge in [0.05, 0.1) is 0 Å². The van der Waals surface area contributed by atoms with Gasteiger partial charge in [-0.25, -0.2) is 15.0 Å². The molecule has 4 rings (SSSR count). The van der Waals surface area contributed by atoms with Gasteiger partial charge in [-0.15, -0.1) is 0 Å². The molecule has 25 heavy (non-hydrogen) atoms. The van der Waals surface area contributed by atoms with Gasteiger partial charge < -0.3 is 4.90 Å². The molecule has 4 heteroatoms. The number of benzene rings is 2. The first-order valence-corrected chi connectivity index (χ1v) is 8.66. The first kappa shape index (κ1) is 15.8. The van der Waals surface area contributed by atoms with Crippen LogP contribution >= 0.6 is 0 Å². The molecule has 126 valence electrons. The highest BCUT2D eigenvalue weighted by Crippen LogP contribution is 2.49. The SMILES string of the molecule is CC(C)N(c1ccc2c(c1)C(C)(C)c1ccccc1-2)c1ncncn1. The Morgan fingerprint density at radius 1 is 0.880 bits per heavy atom. The van der Waals surface area contributed by atoms with Gasteiger partial charge in [0.25, 0.3) is 0 Å². The Labute approximate surface area is 148 Å². The first-order valence-electron chi connectivity index (χ1n) is 8.66. The molecule has 0 amide bonds. The molecule has 0 aliphatic heterocycles. The van der Waals surface area contributed by atoms with E-state index in [1.54, 1.807) is 12.7 Å². The molecule has 0 atom stereocenters. The zero-order chi connectivity index (χ0) is 17.6. The lowest BCUT2D eigenvalue weighted by Crippen LogP contribution is -2.27. The van der Waals surface area contributed by atoms with E-state index in [2.05, 4.69) is 90.0 Å². The number of nitrogens with zero attached hydrogens (tertiary/aromatic N) is 4. The van der Waals surface area contributed by atoms with Crippen molar-refractivity contribution in [2.24, 2.45) is 0 Å². The fourth-order valence-electron chi connectivity index (χ4n) is 3.84. The Balaban J connectivity index is 1.86. The van der Waals surface area contributed by atoms with E-state index < -0.39 is 0 Å². The number of hydrogen-bond donors (Lipinski definition) is 0. The number of aromatic nitrogens is 3. The molecule has 2 aromatic carbocycles. The van der Waals surface area contributed by atoms with Crippen molar-refractivity contribution < 1.29 is 0 Å². The third-order valence-electron chi connectivity index (χ3n) is 5.06. The maximum Gasteiger partial charge on any atom is 0.233 e. The van der Waals surface area contributed by atoms with Gasteiger partial charge >= 0.3 is 0 Å². The molecule has 0 bridgehead atoms. The molecule has 0 spiro atoms. The van der Waals surface area contributed by atoms with Gasteiger partial charge in [0.15, 0.2) is 0 Å². The summed E-state index contributed by atoms with van der Waals surface area (Å²) in [7, 11) is 0. The number of rotatable bonds is 3. The standard InChI is InChI=1S/C21H22N4/c1-14(2)25(20-23-12-22-13-24-20)15-9-10-17-16-7-5-6-8-18(16)21(3,4)19(17)11-15/h5-14H,1-4H3. The molecule has 0 fully saturated rings. The van der Waals surface area contributed by atoms with E-state index in [-0.39, 0.29) is 11.5 Å². The lowest BCUT2D eigenvalue weighted by molar-refractivity contribution is 0.659. The van der Waals surface area contributed by atoms with Crippen LogP contribution in [0.1, 0.15) is 38.8 Å². The summed E-state index contributed by atoms with van der Waals surface area (Å²) in [6.07, 6.45) is 3.09. The van der Waals surface area contributed by atoms with Crippen LogP contribution in [0.25, 0.3) is 11.1 Å². The molecule has 1 aliphatic rings. The zero-order valence-electron chi connectivity index (χ0n) is 15.1. The van der Waals surface area contributed by atoms with Gasteiger partial charge in [-0.1, -0.05) is 44.2 Å². The minimum absolute atomic E-state index is 0.0102. The predicted molar refractivity (Wildman–Crippen MR) is 101 cm³/mol. The van der Waals surface area contributed by atoms with Crippen molar-refractivity contribution in [3.8, 4) is 11.1 Å². The van der Waals surface area contributed by atoms with Gasteiger partial charge in [-0.05, 0) is 48.2 Å². The topological polar surface area (TPSA) is 41.9 Å². The normalized spacial score (nSPS) is 14.3. The Kier molecular flexibility index (Phi) is 3.57. The Hall–Kier alpha value is -2.75. The van der Waals surface area contributed by atoms with Crippen molar-refractivity contribution in [2.45, 2.75) is 39.2 Å². The van der Waals surface area contributed by atoms with Crippen molar-refractivity contribution in [1.29, 1.82) is 0 Å². The van der Waals surface area contributed by atoms with E-state index >= 15 is 0 Å². The summed E-state index contributed by atoms with van der Waals surface area (Å²) >= 11 is 0. The van der Waals surface area contributed by atoms with Gasteiger partial charge in [-0.2, -0.15) is 0 Å². The van der Waals surface area contributed by atoms with Crippen molar-refractivity contribution in [3.05, 3.63) is 66.2 Å². The minimum Gasteiger partial charge on any atom is -0.308 e. The molecule has 1 aromatic heterocycles. The van der Waals surface area contributed by atoms with Crippen LogP contribution in [-0.4, -0.2) is 21.0 Å². The molecule has 0 saturated carbocycles. The molecule has 0 radical (unpaired) electrons. The van der Waals surface area contributed by atoms with E-state index in [9.17, 15) is 0 Å². The van der Waals surface area contributed by atoms with Crippen LogP contribution in [0.4, 0.5) is 11.6 Å². The van der Waals surface area contributed by atoms with Crippen LogP contribution < -0.4 is 4.90 Å². The van der Waals surface area contributed by atoms with Crippen LogP contribution in [0, 0.1) is 0 Å². The third-order valence-corrected chi connectivity index (χ3v) is 5.06. The van der Waals surface area contributed by atoms with E-state index in [1.165, 1.54) is 22.3 Å². The Morgan fingerprint density at radius 2 is 1.56 bits per heavy atom. The van der Waals surface area contributed by atoms with Crippen molar-refractivity contribution >= 4 is 11.6 Å². The van der Waals surface area contributed by atoms with E-state index in [1.807, 2.05) is 0 Å². The Morgan fingerprint density at radius 3 is 2.28 bits per heavy atom. The fraction of sp³-hybridized carbons (Fsp3) is 0.286. The highest BCUT2D eigenvalue weighted by atomic mass is 15.3. The molecule has 0 saturated heterocycles. The van der Waals surface area contributed by atoms with Gasteiger partial charge in [-0.3, -0.25) is 0 Å². The maximum atomic E-state index is 4.35. The molecular formula is C21H22N4. The zero-order valence-corrected chi connectivity index (χ0v) is 15.1. The second-order valence-electron chi connectivity index (χ2n) is 7.30. The third kappa shape index (κ3) is 2.40. The summed E-state index contributed by atoms with van der Waals surface area (Å²) in [6, 6.07) is 15.6. The van der Waals surface area contributed by atoms with Crippen LogP contribution in [-0.2, 0) is 5.41 Å². The predicted octanol–water partition coefficient (Wildman–Crippen LogP) is 4.72. The molecular weight excluding hydrogens is 308 g/mol. The second-order valence-corrected chi connectivity index (χ2v) is 7.30. The lowest BCUT2D eigenvalue weighted by atomic mass is 9.82. The largest absolute Gasteiger partial charge is 0.308 e. The van der Waals surface area contributed by atoms with Gasteiger partial charge in [0.2, 0.25) is 5.95 Å². The van der Waals surface area contributed by atoms with Crippen LogP contribution in [0.15, 0.2) is 55.1 Å². The van der Waals surface area contributed by atoms with Gasteiger partial charge in [0, 0.05) is 17.1 Å². The minimum atomic E-state index is -0.0102. The van der Waals surface area contributed by atoms with E-state index in [4.69, 9.17) is 0 Å². The lowest BCUT2D eigenvalue weighted by Gasteiger charge is -2.28. The summed E-state index contributed by atoms with van der Waals surface area (Å²) in [5.74, 6) is 0.679. The summed E-state index contributed by atoms with van der Waals surface area (Å²) in [6.45, 7) is 8.89. The Bertz CT molecular complexity index is 916. The quantitative estimate of drug-likeness (QED) is 0.696. The summed E-state index contributed by atoms with van der Waals surface area (Å²) in [4.78, 5) is 14.8. The number of hydrogen-bond acceptors (Lipinski definition) is 4. The van der Waals surface area contributed by atoms with Crippen LogP contribution in [0.2, 0.25) is 0 Å². The molecule has 3 aromatic rings. The van der Waals surface area contributed by atoms with Crippen molar-refractivity contribution in [3.63, 3.8) is 0 Å². The monoisotopic (exact) mass is 330 g/mol. The van der Waals surface area contributed by atoms with E-state index in [0.29, 0.717) is 5.95 Å².